The highest BCUT2D eigenvalue weighted by molar-refractivity contribution is 6.31. The zero-order valence-corrected chi connectivity index (χ0v) is 22.5. The van der Waals surface area contributed by atoms with Crippen LogP contribution in [0.25, 0.3) is 0 Å². The summed E-state index contributed by atoms with van der Waals surface area (Å²) in [5.41, 5.74) is -0.590. The molecule has 0 spiro atoms. The lowest BCUT2D eigenvalue weighted by molar-refractivity contribution is -0.138. The molecule has 4 aliphatic rings. The van der Waals surface area contributed by atoms with Gasteiger partial charge in [-0.05, 0) is 61.6 Å². The van der Waals surface area contributed by atoms with E-state index in [-0.39, 0.29) is 29.1 Å². The van der Waals surface area contributed by atoms with Gasteiger partial charge in [-0.2, -0.15) is 4.90 Å². The van der Waals surface area contributed by atoms with Crippen molar-refractivity contribution >= 4 is 47.0 Å². The number of phenols is 1. The number of halogens is 3. The van der Waals surface area contributed by atoms with Crippen molar-refractivity contribution in [3.05, 3.63) is 70.3 Å². The quantitative estimate of drug-likeness (QED) is 0.412. The molecule has 0 aromatic heterocycles. The van der Waals surface area contributed by atoms with E-state index in [4.69, 9.17) is 11.6 Å². The van der Waals surface area contributed by atoms with Crippen LogP contribution in [0.1, 0.15) is 31.2 Å². The zero-order chi connectivity index (χ0) is 29.5. The van der Waals surface area contributed by atoms with Crippen molar-refractivity contribution in [3.8, 4) is 5.75 Å². The Kier molecular flexibility index (Phi) is 6.07. The minimum absolute atomic E-state index is 0.00933. The van der Waals surface area contributed by atoms with Gasteiger partial charge in [-0.3, -0.25) is 19.2 Å². The van der Waals surface area contributed by atoms with Gasteiger partial charge in [-0.25, -0.2) is 18.5 Å². The molecule has 2 saturated heterocycles. The topological polar surface area (TPSA) is 121 Å². The van der Waals surface area contributed by atoms with E-state index < -0.39 is 82.1 Å². The number of hydrogen-bond acceptors (Lipinski definition) is 7. The maximum absolute atomic E-state index is 14.7. The Bertz CT molecular complexity index is 1610. The number of hydrogen-bond donors (Lipinski definition) is 1. The number of benzene rings is 2. The van der Waals surface area contributed by atoms with Crippen LogP contribution in [0.3, 0.4) is 0 Å². The van der Waals surface area contributed by atoms with E-state index in [1.165, 1.54) is 18.2 Å². The Morgan fingerprint density at radius 2 is 1.76 bits per heavy atom. The van der Waals surface area contributed by atoms with Gasteiger partial charge in [-0.15, -0.1) is 0 Å². The number of methoxy groups -OCH3 is 1. The third kappa shape index (κ3) is 3.61. The van der Waals surface area contributed by atoms with E-state index in [9.17, 15) is 37.9 Å². The van der Waals surface area contributed by atoms with Crippen LogP contribution in [0.4, 0.5) is 19.3 Å². The first kappa shape index (κ1) is 27.1. The fourth-order valence-electron chi connectivity index (χ4n) is 7.24. The molecule has 6 atom stereocenters. The summed E-state index contributed by atoms with van der Waals surface area (Å²) >= 11 is 5.96. The maximum atomic E-state index is 14.7. The number of aromatic hydroxyl groups is 1. The number of amides is 5. The van der Waals surface area contributed by atoms with E-state index >= 15 is 0 Å². The number of phenolic OH excluding ortho intramolecular Hbond substituents is 1. The first-order chi connectivity index (χ1) is 19.4. The molecule has 2 aliphatic heterocycles. The summed E-state index contributed by atoms with van der Waals surface area (Å²) in [6.45, 7) is 1.59. The molecule has 12 heteroatoms. The third-order valence-corrected chi connectivity index (χ3v) is 9.39. The van der Waals surface area contributed by atoms with E-state index in [1.807, 2.05) is 0 Å². The van der Waals surface area contributed by atoms with E-state index in [0.717, 1.165) is 30.2 Å². The highest BCUT2D eigenvalue weighted by Gasteiger charge is 2.68. The summed E-state index contributed by atoms with van der Waals surface area (Å²) in [7, 11) is 1.05. The molecule has 212 valence electrons. The lowest BCUT2D eigenvalue weighted by Crippen LogP contribution is -2.49. The number of imide groups is 4. The summed E-state index contributed by atoms with van der Waals surface area (Å²) in [6.07, 6.45) is 0.681. The second kappa shape index (κ2) is 9.20. The SMILES string of the molecule is COC(=O)N1C(=O)C2CC=C3C(CC4C(=O)N(c5ccc(F)c(Cl)c5)C(=O)C4(C)C3c3ccc(O)c(F)c3)C2C1=O. The van der Waals surface area contributed by atoms with Gasteiger partial charge in [0.25, 0.3) is 0 Å². The number of nitrogens with zero attached hydrogens (tertiary/aromatic N) is 2. The first-order valence-corrected chi connectivity index (χ1v) is 13.3. The molecule has 2 aliphatic carbocycles. The van der Waals surface area contributed by atoms with Crippen LogP contribution < -0.4 is 4.90 Å². The van der Waals surface area contributed by atoms with Crippen molar-refractivity contribution in [2.45, 2.75) is 25.7 Å². The fourth-order valence-corrected chi connectivity index (χ4v) is 7.41. The summed E-state index contributed by atoms with van der Waals surface area (Å²) in [5.74, 6) is -9.60. The summed E-state index contributed by atoms with van der Waals surface area (Å²) in [4.78, 5) is 68.5. The second-order valence-electron chi connectivity index (χ2n) is 11.0. The zero-order valence-electron chi connectivity index (χ0n) is 21.8. The molecule has 6 rings (SSSR count). The molecule has 2 aromatic rings. The fraction of sp³-hybridized carbons (Fsp3) is 0.345. The largest absolute Gasteiger partial charge is 0.505 e. The van der Waals surface area contributed by atoms with Crippen LogP contribution in [0.5, 0.6) is 5.75 Å². The van der Waals surface area contributed by atoms with Crippen LogP contribution in [0.2, 0.25) is 5.02 Å². The number of fused-ring (bicyclic) bond motifs is 4. The van der Waals surface area contributed by atoms with Gasteiger partial charge >= 0.3 is 6.09 Å². The molecule has 0 bridgehead atoms. The Morgan fingerprint density at radius 1 is 1.02 bits per heavy atom. The first-order valence-electron chi connectivity index (χ1n) is 12.9. The van der Waals surface area contributed by atoms with Crippen molar-refractivity contribution < 1.29 is 42.6 Å². The van der Waals surface area contributed by atoms with Crippen LogP contribution in [-0.4, -0.2) is 46.8 Å². The number of likely N-dealkylation sites (tertiary alicyclic amines) is 1. The van der Waals surface area contributed by atoms with Gasteiger partial charge in [0.15, 0.2) is 11.6 Å². The predicted molar refractivity (Wildman–Crippen MR) is 138 cm³/mol. The van der Waals surface area contributed by atoms with Gasteiger partial charge in [0.2, 0.25) is 23.6 Å². The summed E-state index contributed by atoms with van der Waals surface area (Å²) < 4.78 is 33.3. The number of carbonyl (C=O) groups excluding carboxylic acids is 5. The molecule has 2 aromatic carbocycles. The molecule has 3 fully saturated rings. The lowest BCUT2D eigenvalue weighted by Gasteiger charge is -2.49. The van der Waals surface area contributed by atoms with E-state index in [2.05, 4.69) is 4.74 Å². The average Bonchev–Trinajstić information content (AvgIpc) is 3.31. The number of ether oxygens (including phenoxy) is 1. The molecule has 2 heterocycles. The molecule has 5 amide bonds. The molecule has 1 saturated carbocycles. The highest BCUT2D eigenvalue weighted by Crippen LogP contribution is 2.63. The summed E-state index contributed by atoms with van der Waals surface area (Å²) in [6, 6.07) is 7.11. The molecular weight excluding hydrogens is 562 g/mol. The number of allylic oxidation sites excluding steroid dienone is 2. The van der Waals surface area contributed by atoms with Crippen LogP contribution in [0.15, 0.2) is 48.0 Å². The minimum atomic E-state index is -1.48. The monoisotopic (exact) mass is 584 g/mol. The smallest absolute Gasteiger partial charge is 0.423 e. The Hall–Kier alpha value is -4.12. The Labute approximate surface area is 237 Å². The molecule has 6 unspecified atom stereocenters. The summed E-state index contributed by atoms with van der Waals surface area (Å²) in [5, 5.41) is 9.56. The Balaban J connectivity index is 1.52. The predicted octanol–water partition coefficient (Wildman–Crippen LogP) is 4.32. The van der Waals surface area contributed by atoms with Gasteiger partial charge in [0.1, 0.15) is 5.82 Å². The van der Waals surface area contributed by atoms with Crippen molar-refractivity contribution in [1.29, 1.82) is 0 Å². The molecule has 0 radical (unpaired) electrons. The lowest BCUT2D eigenvalue weighted by atomic mass is 9.51. The minimum Gasteiger partial charge on any atom is -0.505 e. The van der Waals surface area contributed by atoms with Crippen molar-refractivity contribution in [1.82, 2.24) is 4.90 Å². The van der Waals surface area contributed by atoms with Gasteiger partial charge in [-0.1, -0.05) is 29.3 Å². The van der Waals surface area contributed by atoms with Crippen molar-refractivity contribution in [2.24, 2.45) is 29.1 Å². The molecule has 9 nitrogen and oxygen atoms in total. The average molecular weight is 585 g/mol. The van der Waals surface area contributed by atoms with Gasteiger partial charge in [0, 0.05) is 5.92 Å². The molecule has 41 heavy (non-hydrogen) atoms. The Morgan fingerprint density at radius 3 is 2.41 bits per heavy atom. The van der Waals surface area contributed by atoms with Crippen molar-refractivity contribution in [3.63, 3.8) is 0 Å². The van der Waals surface area contributed by atoms with Gasteiger partial charge in [0.05, 0.1) is 41.0 Å². The molecular formula is C29H23ClF2N2O7. The standard InChI is InChI=1S/C29H23ClF2N2O7/c1-29-17(25(37)33(27(29)39)13-4-7-19(31)18(30)10-13)11-16-14(23(29)12-3-8-21(35)20(32)9-12)5-6-15-22(16)26(38)34(24(15)36)28(40)41-2/h3-5,7-10,15-17,22-23,35H,6,11H2,1-2H3. The van der Waals surface area contributed by atoms with Crippen LogP contribution in [0, 0.1) is 40.7 Å². The van der Waals surface area contributed by atoms with Crippen molar-refractivity contribution in [2.75, 3.05) is 12.0 Å². The highest BCUT2D eigenvalue weighted by atomic mass is 35.5. The third-order valence-electron chi connectivity index (χ3n) is 9.10. The molecule has 1 N–H and O–H groups in total. The normalized spacial score (nSPS) is 30.7. The van der Waals surface area contributed by atoms with Gasteiger partial charge < -0.3 is 9.84 Å². The van der Waals surface area contributed by atoms with Crippen LogP contribution >= 0.6 is 11.6 Å². The second-order valence-corrected chi connectivity index (χ2v) is 11.4. The van der Waals surface area contributed by atoms with Crippen LogP contribution in [-0.2, 0) is 23.9 Å². The van der Waals surface area contributed by atoms with E-state index in [1.54, 1.807) is 13.0 Å². The maximum Gasteiger partial charge on any atom is 0.423 e. The number of anilines is 1. The number of carbonyl (C=O) groups is 5. The number of rotatable bonds is 2. The van der Waals surface area contributed by atoms with E-state index in [0.29, 0.717) is 10.5 Å².